The Morgan fingerprint density at radius 1 is 1.03 bits per heavy atom. The summed E-state index contributed by atoms with van der Waals surface area (Å²) in [6.45, 7) is 6.68. The van der Waals surface area contributed by atoms with Crippen LogP contribution in [0.2, 0.25) is 19.6 Å². The second-order valence-electron chi connectivity index (χ2n) is 7.85. The van der Waals surface area contributed by atoms with Crippen molar-refractivity contribution >= 4 is 35.6 Å². The van der Waals surface area contributed by atoms with Crippen LogP contribution < -0.4 is 10.5 Å². The number of carbonyl (C=O) groups excluding carboxylic acids is 1. The zero-order chi connectivity index (χ0) is 21.4. The molecule has 0 saturated heterocycles. The molecule has 0 bridgehead atoms. The first-order chi connectivity index (χ1) is 13.5. The Morgan fingerprint density at radius 3 is 2.38 bits per heavy atom. The molecule has 0 unspecified atom stereocenters. The Bertz CT molecular complexity index is 1140. The lowest BCUT2D eigenvalue weighted by Crippen LogP contribution is -2.37. The molecule has 0 heterocycles. The van der Waals surface area contributed by atoms with Gasteiger partial charge in [-0.2, -0.15) is 13.2 Å². The van der Waals surface area contributed by atoms with E-state index in [1.165, 1.54) is 17.3 Å². The lowest BCUT2D eigenvalue weighted by Gasteiger charge is -2.18. The SMILES string of the molecule is C#Cc1ccc2cc([Si](C)(C)C)ccc2c1C(=O)Nc1cccc(C(F)(F)F)c1. The van der Waals surface area contributed by atoms with E-state index < -0.39 is 25.7 Å². The van der Waals surface area contributed by atoms with Crippen molar-refractivity contribution in [3.63, 3.8) is 0 Å². The molecule has 0 aromatic heterocycles. The van der Waals surface area contributed by atoms with Crippen molar-refractivity contribution in [1.29, 1.82) is 0 Å². The highest BCUT2D eigenvalue weighted by molar-refractivity contribution is 6.88. The van der Waals surface area contributed by atoms with Crippen molar-refractivity contribution in [2.24, 2.45) is 0 Å². The summed E-state index contributed by atoms with van der Waals surface area (Å²) in [7, 11) is -1.55. The molecular weight excluding hydrogens is 391 g/mol. The Balaban J connectivity index is 2.06. The summed E-state index contributed by atoms with van der Waals surface area (Å²) in [5, 5.41) is 5.34. The predicted octanol–water partition coefficient (Wildman–Crippen LogP) is 5.64. The van der Waals surface area contributed by atoms with Crippen LogP contribution in [0.3, 0.4) is 0 Å². The number of benzene rings is 3. The van der Waals surface area contributed by atoms with Gasteiger partial charge in [0.1, 0.15) is 0 Å². The van der Waals surface area contributed by atoms with Gasteiger partial charge in [-0.1, -0.05) is 61.1 Å². The van der Waals surface area contributed by atoms with Gasteiger partial charge in [-0.15, -0.1) is 6.42 Å². The van der Waals surface area contributed by atoms with E-state index in [9.17, 15) is 18.0 Å². The molecule has 0 aliphatic rings. The zero-order valence-corrected chi connectivity index (χ0v) is 17.3. The summed E-state index contributed by atoms with van der Waals surface area (Å²) in [6.07, 6.45) is 1.09. The lowest BCUT2D eigenvalue weighted by molar-refractivity contribution is -0.137. The zero-order valence-electron chi connectivity index (χ0n) is 16.3. The Hall–Kier alpha value is -3.04. The first-order valence-electron chi connectivity index (χ1n) is 9.03. The van der Waals surface area contributed by atoms with E-state index in [2.05, 4.69) is 36.9 Å². The molecule has 3 aromatic carbocycles. The van der Waals surface area contributed by atoms with Crippen LogP contribution in [-0.4, -0.2) is 14.0 Å². The number of anilines is 1. The first-order valence-corrected chi connectivity index (χ1v) is 12.5. The maximum atomic E-state index is 13.0. The highest BCUT2D eigenvalue weighted by atomic mass is 28.3. The fraction of sp³-hybridized carbons (Fsp3) is 0.174. The van der Waals surface area contributed by atoms with Crippen LogP contribution >= 0.6 is 0 Å². The number of alkyl halides is 3. The van der Waals surface area contributed by atoms with Crippen molar-refractivity contribution in [3.05, 3.63) is 71.3 Å². The van der Waals surface area contributed by atoms with Crippen LogP contribution in [0.15, 0.2) is 54.6 Å². The fourth-order valence-electron chi connectivity index (χ4n) is 3.13. The minimum Gasteiger partial charge on any atom is -0.322 e. The molecule has 0 radical (unpaired) electrons. The number of halogens is 3. The number of hydrogen-bond acceptors (Lipinski definition) is 1. The molecule has 6 heteroatoms. The third-order valence-electron chi connectivity index (χ3n) is 4.72. The summed E-state index contributed by atoms with van der Waals surface area (Å²) in [5.74, 6) is 1.96. The molecule has 148 valence electrons. The highest BCUT2D eigenvalue weighted by Crippen LogP contribution is 2.31. The number of nitrogens with one attached hydrogen (secondary N) is 1. The lowest BCUT2D eigenvalue weighted by atomic mass is 9.98. The first kappa shape index (κ1) is 20.7. The molecule has 1 N–H and O–H groups in total. The molecule has 0 atom stereocenters. The third kappa shape index (κ3) is 4.35. The summed E-state index contributed by atoms with van der Waals surface area (Å²) in [4.78, 5) is 13.0. The number of carbonyl (C=O) groups is 1. The van der Waals surface area contributed by atoms with Gasteiger partial charge < -0.3 is 5.32 Å². The average molecular weight is 411 g/mol. The number of terminal acetylenes is 1. The quantitative estimate of drug-likeness (QED) is 0.439. The van der Waals surface area contributed by atoms with E-state index in [4.69, 9.17) is 6.42 Å². The minimum absolute atomic E-state index is 0.0588. The van der Waals surface area contributed by atoms with Crippen LogP contribution in [0.25, 0.3) is 10.8 Å². The molecule has 0 spiro atoms. The largest absolute Gasteiger partial charge is 0.416 e. The molecule has 29 heavy (non-hydrogen) atoms. The van der Waals surface area contributed by atoms with Crippen molar-refractivity contribution in [2.75, 3.05) is 5.32 Å². The highest BCUT2D eigenvalue weighted by Gasteiger charge is 2.30. The van der Waals surface area contributed by atoms with E-state index >= 15 is 0 Å². The van der Waals surface area contributed by atoms with Crippen LogP contribution in [0.4, 0.5) is 18.9 Å². The van der Waals surface area contributed by atoms with Gasteiger partial charge in [0.2, 0.25) is 0 Å². The molecule has 0 aliphatic carbocycles. The number of fused-ring (bicyclic) bond motifs is 1. The normalized spacial score (nSPS) is 11.9. The Kier molecular flexibility index (Phi) is 5.29. The van der Waals surface area contributed by atoms with E-state index in [-0.39, 0.29) is 11.3 Å². The topological polar surface area (TPSA) is 29.1 Å². The van der Waals surface area contributed by atoms with Gasteiger partial charge in [0, 0.05) is 11.3 Å². The van der Waals surface area contributed by atoms with Gasteiger partial charge in [-0.25, -0.2) is 0 Å². The van der Waals surface area contributed by atoms with Crippen molar-refractivity contribution in [3.8, 4) is 12.3 Å². The maximum absolute atomic E-state index is 13.0. The molecule has 3 rings (SSSR count). The second-order valence-corrected chi connectivity index (χ2v) is 12.9. The summed E-state index contributed by atoms with van der Waals surface area (Å²) >= 11 is 0. The average Bonchev–Trinajstić information content (AvgIpc) is 2.65. The molecule has 0 aliphatic heterocycles. The Morgan fingerprint density at radius 2 is 1.76 bits per heavy atom. The molecule has 2 nitrogen and oxygen atoms in total. The van der Waals surface area contributed by atoms with E-state index in [1.807, 2.05) is 18.2 Å². The molecular formula is C23H20F3NOSi. The number of rotatable bonds is 3. The van der Waals surface area contributed by atoms with E-state index in [0.717, 1.165) is 17.5 Å². The van der Waals surface area contributed by atoms with Gasteiger partial charge in [-0.05, 0) is 35.0 Å². The Labute approximate surface area is 168 Å². The number of amides is 1. The van der Waals surface area contributed by atoms with Crippen LogP contribution in [0.1, 0.15) is 21.5 Å². The van der Waals surface area contributed by atoms with Crippen LogP contribution in [0.5, 0.6) is 0 Å². The maximum Gasteiger partial charge on any atom is 0.416 e. The predicted molar refractivity (Wildman–Crippen MR) is 114 cm³/mol. The van der Waals surface area contributed by atoms with Gasteiger partial charge in [0.05, 0.1) is 19.2 Å². The van der Waals surface area contributed by atoms with Gasteiger partial charge in [0.15, 0.2) is 0 Å². The van der Waals surface area contributed by atoms with Crippen molar-refractivity contribution in [1.82, 2.24) is 0 Å². The standard InChI is InChI=1S/C23H20F3NOSi/c1-5-15-9-10-16-13-19(29(2,3)4)11-12-20(16)21(15)22(28)27-18-8-6-7-17(14-18)23(24,25)26/h1,6-14H,2-4H3,(H,27,28). The monoisotopic (exact) mass is 411 g/mol. The smallest absolute Gasteiger partial charge is 0.322 e. The van der Waals surface area contributed by atoms with Gasteiger partial charge in [0.25, 0.3) is 5.91 Å². The summed E-state index contributed by atoms with van der Waals surface area (Å²) < 4.78 is 38.9. The third-order valence-corrected chi connectivity index (χ3v) is 6.76. The van der Waals surface area contributed by atoms with Crippen molar-refractivity contribution in [2.45, 2.75) is 25.8 Å². The van der Waals surface area contributed by atoms with E-state index in [1.54, 1.807) is 6.07 Å². The minimum atomic E-state index is -4.49. The molecule has 1 amide bonds. The van der Waals surface area contributed by atoms with E-state index in [0.29, 0.717) is 10.9 Å². The number of hydrogen-bond donors (Lipinski definition) is 1. The second kappa shape index (κ2) is 7.41. The van der Waals surface area contributed by atoms with Crippen LogP contribution in [-0.2, 0) is 6.18 Å². The molecule has 0 saturated carbocycles. The fourth-order valence-corrected chi connectivity index (χ4v) is 4.30. The molecule has 0 fully saturated rings. The summed E-state index contributed by atoms with van der Waals surface area (Å²) in [6, 6.07) is 14.0. The molecule has 3 aromatic rings. The summed E-state index contributed by atoms with van der Waals surface area (Å²) in [5.41, 5.74) is -0.0963. The van der Waals surface area contributed by atoms with Crippen LogP contribution in [0, 0.1) is 12.3 Å². The van der Waals surface area contributed by atoms with Gasteiger partial charge >= 0.3 is 6.18 Å². The van der Waals surface area contributed by atoms with Gasteiger partial charge in [-0.3, -0.25) is 4.79 Å². The van der Waals surface area contributed by atoms with Crippen molar-refractivity contribution < 1.29 is 18.0 Å².